The maximum absolute atomic E-state index is 12.8. The van der Waals surface area contributed by atoms with Gasteiger partial charge in [0.05, 0.1) is 0 Å². The van der Waals surface area contributed by atoms with Gasteiger partial charge in [0.1, 0.15) is 0 Å². The standard InChI is InChI=1S/C17H32N2O/c1-16(2,3)14-8-6-13(7-9-14)15(20)19-11-10-18-12-17(19,4)5/h13-14,18H,6-12H2,1-5H3. The topological polar surface area (TPSA) is 32.3 Å². The van der Waals surface area contributed by atoms with Crippen molar-refractivity contribution < 1.29 is 4.79 Å². The molecule has 3 heteroatoms. The van der Waals surface area contributed by atoms with E-state index in [4.69, 9.17) is 0 Å². The zero-order valence-electron chi connectivity index (χ0n) is 14.0. The van der Waals surface area contributed by atoms with Crippen LogP contribution in [-0.2, 0) is 4.79 Å². The lowest BCUT2D eigenvalue weighted by Gasteiger charge is -2.45. The van der Waals surface area contributed by atoms with Crippen LogP contribution in [0.15, 0.2) is 0 Å². The molecule has 1 saturated heterocycles. The molecule has 2 rings (SSSR count). The van der Waals surface area contributed by atoms with Crippen LogP contribution in [0.1, 0.15) is 60.3 Å². The maximum atomic E-state index is 12.8. The molecular formula is C17H32N2O. The second-order valence-corrected chi connectivity index (χ2v) is 8.39. The van der Waals surface area contributed by atoms with Crippen molar-refractivity contribution in [2.24, 2.45) is 17.3 Å². The Balaban J connectivity index is 1.95. The van der Waals surface area contributed by atoms with E-state index in [0.29, 0.717) is 11.3 Å². The molecular weight excluding hydrogens is 248 g/mol. The van der Waals surface area contributed by atoms with Gasteiger partial charge in [0.15, 0.2) is 0 Å². The van der Waals surface area contributed by atoms with Crippen LogP contribution in [0.5, 0.6) is 0 Å². The number of piperazine rings is 1. The lowest BCUT2D eigenvalue weighted by atomic mass is 9.69. The molecule has 1 saturated carbocycles. The van der Waals surface area contributed by atoms with Gasteiger partial charge in [-0.2, -0.15) is 0 Å². The lowest BCUT2D eigenvalue weighted by Crippen LogP contribution is -2.61. The van der Waals surface area contributed by atoms with Crippen LogP contribution in [0, 0.1) is 17.3 Å². The Kier molecular flexibility index (Phi) is 4.48. The van der Waals surface area contributed by atoms with Gasteiger partial charge in [-0.05, 0) is 50.9 Å². The van der Waals surface area contributed by atoms with E-state index in [9.17, 15) is 4.79 Å². The summed E-state index contributed by atoms with van der Waals surface area (Å²) < 4.78 is 0. The van der Waals surface area contributed by atoms with Gasteiger partial charge < -0.3 is 10.2 Å². The first kappa shape index (κ1) is 15.8. The van der Waals surface area contributed by atoms with Gasteiger partial charge in [-0.15, -0.1) is 0 Å². The summed E-state index contributed by atoms with van der Waals surface area (Å²) in [6.45, 7) is 14.1. The number of carbonyl (C=O) groups excluding carboxylic acids is 1. The van der Waals surface area contributed by atoms with Crippen LogP contribution in [-0.4, -0.2) is 36.0 Å². The van der Waals surface area contributed by atoms with Crippen molar-refractivity contribution in [1.29, 1.82) is 0 Å². The van der Waals surface area contributed by atoms with E-state index in [2.05, 4.69) is 44.8 Å². The number of hydrogen-bond acceptors (Lipinski definition) is 2. The quantitative estimate of drug-likeness (QED) is 0.800. The molecule has 2 aliphatic rings. The van der Waals surface area contributed by atoms with E-state index < -0.39 is 0 Å². The van der Waals surface area contributed by atoms with Gasteiger partial charge in [-0.1, -0.05) is 20.8 Å². The molecule has 0 aromatic rings. The minimum absolute atomic E-state index is 0.0315. The molecule has 20 heavy (non-hydrogen) atoms. The average Bonchev–Trinajstić information content (AvgIpc) is 2.36. The fourth-order valence-electron chi connectivity index (χ4n) is 3.82. The molecule has 1 N–H and O–H groups in total. The number of nitrogens with zero attached hydrogens (tertiary/aromatic N) is 1. The first-order valence-corrected chi connectivity index (χ1v) is 8.24. The predicted octanol–water partition coefficient (Wildman–Crippen LogP) is 3.05. The van der Waals surface area contributed by atoms with E-state index in [1.807, 2.05) is 0 Å². The lowest BCUT2D eigenvalue weighted by molar-refractivity contribution is -0.143. The third-order valence-electron chi connectivity index (χ3n) is 5.37. The molecule has 1 amide bonds. The van der Waals surface area contributed by atoms with Gasteiger partial charge >= 0.3 is 0 Å². The molecule has 1 aliphatic heterocycles. The Labute approximate surface area is 124 Å². The highest BCUT2D eigenvalue weighted by Crippen LogP contribution is 2.40. The first-order chi connectivity index (χ1) is 9.22. The highest BCUT2D eigenvalue weighted by Gasteiger charge is 2.39. The summed E-state index contributed by atoms with van der Waals surface area (Å²) in [5, 5.41) is 3.40. The van der Waals surface area contributed by atoms with Crippen LogP contribution in [0.25, 0.3) is 0 Å². The van der Waals surface area contributed by atoms with E-state index in [1.165, 1.54) is 12.8 Å². The third-order valence-corrected chi connectivity index (χ3v) is 5.37. The zero-order valence-corrected chi connectivity index (χ0v) is 14.0. The largest absolute Gasteiger partial charge is 0.335 e. The summed E-state index contributed by atoms with van der Waals surface area (Å²) in [7, 11) is 0. The van der Waals surface area contributed by atoms with E-state index in [0.717, 1.165) is 38.4 Å². The summed E-state index contributed by atoms with van der Waals surface area (Å²) in [6, 6.07) is 0. The molecule has 1 aliphatic carbocycles. The number of rotatable bonds is 1. The smallest absolute Gasteiger partial charge is 0.226 e. The van der Waals surface area contributed by atoms with Gasteiger partial charge in [0, 0.05) is 31.1 Å². The number of amides is 1. The zero-order chi connectivity index (χ0) is 15.0. The number of hydrogen-bond donors (Lipinski definition) is 1. The molecule has 0 bridgehead atoms. The van der Waals surface area contributed by atoms with Crippen LogP contribution in [0.4, 0.5) is 0 Å². The van der Waals surface area contributed by atoms with E-state index in [-0.39, 0.29) is 11.5 Å². The highest BCUT2D eigenvalue weighted by atomic mass is 16.2. The molecule has 0 spiro atoms. The SMILES string of the molecule is CC(C)(C)C1CCC(C(=O)N2CCNCC2(C)C)CC1. The Hall–Kier alpha value is -0.570. The van der Waals surface area contributed by atoms with Crippen molar-refractivity contribution in [3.8, 4) is 0 Å². The highest BCUT2D eigenvalue weighted by molar-refractivity contribution is 5.79. The molecule has 3 nitrogen and oxygen atoms in total. The second-order valence-electron chi connectivity index (χ2n) is 8.39. The van der Waals surface area contributed by atoms with Gasteiger partial charge in [-0.3, -0.25) is 4.79 Å². The predicted molar refractivity (Wildman–Crippen MR) is 83.6 cm³/mol. The van der Waals surface area contributed by atoms with Gasteiger partial charge in [-0.25, -0.2) is 0 Å². The van der Waals surface area contributed by atoms with Gasteiger partial charge in [0.25, 0.3) is 0 Å². The van der Waals surface area contributed by atoms with E-state index >= 15 is 0 Å². The van der Waals surface area contributed by atoms with Crippen LogP contribution < -0.4 is 5.32 Å². The second kappa shape index (κ2) is 5.67. The summed E-state index contributed by atoms with van der Waals surface area (Å²) in [5.41, 5.74) is 0.360. The first-order valence-electron chi connectivity index (χ1n) is 8.24. The Morgan fingerprint density at radius 2 is 1.75 bits per heavy atom. The average molecular weight is 280 g/mol. The molecule has 0 atom stereocenters. The molecule has 0 unspecified atom stereocenters. The van der Waals surface area contributed by atoms with Crippen molar-refractivity contribution in [2.75, 3.05) is 19.6 Å². The molecule has 1 heterocycles. The summed E-state index contributed by atoms with van der Waals surface area (Å²) in [6.07, 6.45) is 4.60. The molecule has 2 fully saturated rings. The minimum Gasteiger partial charge on any atom is -0.335 e. The summed E-state index contributed by atoms with van der Waals surface area (Å²) in [5.74, 6) is 1.46. The maximum Gasteiger partial charge on any atom is 0.226 e. The number of carbonyl (C=O) groups is 1. The monoisotopic (exact) mass is 280 g/mol. The Bertz CT molecular complexity index is 348. The minimum atomic E-state index is -0.0315. The fraction of sp³-hybridized carbons (Fsp3) is 0.941. The Morgan fingerprint density at radius 1 is 1.15 bits per heavy atom. The molecule has 0 radical (unpaired) electrons. The van der Waals surface area contributed by atoms with Crippen LogP contribution >= 0.6 is 0 Å². The molecule has 0 aromatic heterocycles. The Morgan fingerprint density at radius 3 is 2.25 bits per heavy atom. The van der Waals surface area contributed by atoms with Crippen molar-refractivity contribution in [3.05, 3.63) is 0 Å². The summed E-state index contributed by atoms with van der Waals surface area (Å²) in [4.78, 5) is 15.0. The third kappa shape index (κ3) is 3.36. The van der Waals surface area contributed by atoms with Crippen molar-refractivity contribution >= 4 is 5.91 Å². The number of nitrogens with one attached hydrogen (secondary N) is 1. The molecule has 116 valence electrons. The van der Waals surface area contributed by atoms with Crippen molar-refractivity contribution in [3.63, 3.8) is 0 Å². The fourth-order valence-corrected chi connectivity index (χ4v) is 3.82. The summed E-state index contributed by atoms with van der Waals surface area (Å²) >= 11 is 0. The molecule has 0 aromatic carbocycles. The normalized spacial score (nSPS) is 31.1. The van der Waals surface area contributed by atoms with Crippen LogP contribution in [0.2, 0.25) is 0 Å². The van der Waals surface area contributed by atoms with Crippen LogP contribution in [0.3, 0.4) is 0 Å². The van der Waals surface area contributed by atoms with E-state index in [1.54, 1.807) is 0 Å². The van der Waals surface area contributed by atoms with Crippen molar-refractivity contribution in [2.45, 2.75) is 65.8 Å². The van der Waals surface area contributed by atoms with Crippen molar-refractivity contribution in [1.82, 2.24) is 10.2 Å². The van der Waals surface area contributed by atoms with Gasteiger partial charge in [0.2, 0.25) is 5.91 Å².